The first-order chi connectivity index (χ1) is 13.9. The van der Waals surface area contributed by atoms with Gasteiger partial charge in [0.05, 0.1) is 6.61 Å². The molecule has 1 amide bonds. The second kappa shape index (κ2) is 9.27. The van der Waals surface area contributed by atoms with Crippen molar-refractivity contribution in [3.05, 3.63) is 59.2 Å². The maximum atomic E-state index is 14.1. The topological polar surface area (TPSA) is 81.9 Å². The van der Waals surface area contributed by atoms with E-state index in [0.29, 0.717) is 31.0 Å². The molecule has 0 aliphatic heterocycles. The third kappa shape index (κ3) is 5.37. The van der Waals surface area contributed by atoms with Gasteiger partial charge in [0.1, 0.15) is 17.3 Å². The van der Waals surface area contributed by atoms with Crippen molar-refractivity contribution in [3.63, 3.8) is 0 Å². The van der Waals surface area contributed by atoms with Crippen LogP contribution >= 0.6 is 0 Å². The molecule has 1 aromatic heterocycles. The highest BCUT2D eigenvalue weighted by Crippen LogP contribution is 2.20. The fourth-order valence-electron chi connectivity index (χ4n) is 2.86. The standard InChI is InChI=1S/C21H24FN5O2/c1-14-7-8-15(2)20(12-14)29-11-5-4-6-21(28)23-17-9-10-18(22)19(13-17)27-16(3)24-25-26-27/h7-10,12-13H,4-6,11H2,1-3H3,(H,23,28). The smallest absolute Gasteiger partial charge is 0.224 e. The molecule has 0 saturated heterocycles. The average Bonchev–Trinajstić information content (AvgIpc) is 3.11. The Morgan fingerprint density at radius 2 is 1.97 bits per heavy atom. The van der Waals surface area contributed by atoms with Gasteiger partial charge in [-0.05, 0) is 79.4 Å². The first-order valence-corrected chi connectivity index (χ1v) is 9.49. The summed E-state index contributed by atoms with van der Waals surface area (Å²) < 4.78 is 21.2. The van der Waals surface area contributed by atoms with Crippen molar-refractivity contribution in [2.45, 2.75) is 40.0 Å². The number of aryl methyl sites for hydroxylation is 3. The van der Waals surface area contributed by atoms with Crippen LogP contribution < -0.4 is 10.1 Å². The molecule has 0 spiro atoms. The van der Waals surface area contributed by atoms with Crippen molar-refractivity contribution in [2.24, 2.45) is 0 Å². The van der Waals surface area contributed by atoms with E-state index in [1.807, 2.05) is 32.0 Å². The van der Waals surface area contributed by atoms with Crippen LogP contribution in [0.2, 0.25) is 0 Å². The highest BCUT2D eigenvalue weighted by molar-refractivity contribution is 5.90. The second-order valence-electron chi connectivity index (χ2n) is 6.93. The Bertz CT molecular complexity index is 1000. The Balaban J connectivity index is 1.47. The molecule has 3 aromatic rings. The van der Waals surface area contributed by atoms with Crippen molar-refractivity contribution in [1.82, 2.24) is 20.2 Å². The van der Waals surface area contributed by atoms with Crippen LogP contribution in [0.5, 0.6) is 5.75 Å². The lowest BCUT2D eigenvalue weighted by atomic mass is 10.1. The molecule has 0 radical (unpaired) electrons. The number of nitrogens with one attached hydrogen (secondary N) is 1. The summed E-state index contributed by atoms with van der Waals surface area (Å²) in [4.78, 5) is 12.2. The second-order valence-corrected chi connectivity index (χ2v) is 6.93. The first-order valence-electron chi connectivity index (χ1n) is 9.49. The van der Waals surface area contributed by atoms with Crippen LogP contribution in [0.1, 0.15) is 36.2 Å². The van der Waals surface area contributed by atoms with E-state index in [0.717, 1.165) is 23.3 Å². The van der Waals surface area contributed by atoms with Gasteiger partial charge in [-0.1, -0.05) is 12.1 Å². The number of amides is 1. The third-order valence-corrected chi connectivity index (χ3v) is 4.48. The van der Waals surface area contributed by atoms with E-state index < -0.39 is 5.82 Å². The number of hydrogen-bond donors (Lipinski definition) is 1. The summed E-state index contributed by atoms with van der Waals surface area (Å²) in [6, 6.07) is 10.4. The molecule has 2 aromatic carbocycles. The van der Waals surface area contributed by atoms with Crippen LogP contribution in [0.15, 0.2) is 36.4 Å². The van der Waals surface area contributed by atoms with E-state index in [4.69, 9.17) is 4.74 Å². The predicted molar refractivity (Wildman–Crippen MR) is 108 cm³/mol. The van der Waals surface area contributed by atoms with Crippen molar-refractivity contribution in [3.8, 4) is 11.4 Å². The van der Waals surface area contributed by atoms with Gasteiger partial charge in [0.25, 0.3) is 0 Å². The van der Waals surface area contributed by atoms with Crippen LogP contribution in [-0.2, 0) is 4.79 Å². The van der Waals surface area contributed by atoms with E-state index in [2.05, 4.69) is 20.8 Å². The minimum atomic E-state index is -0.470. The molecule has 8 heteroatoms. The molecule has 0 aliphatic rings. The molecular formula is C21H24FN5O2. The number of hydrogen-bond acceptors (Lipinski definition) is 5. The van der Waals surface area contributed by atoms with Gasteiger partial charge in [-0.25, -0.2) is 4.39 Å². The number of unbranched alkanes of at least 4 members (excludes halogenated alkanes) is 1. The zero-order chi connectivity index (χ0) is 20.8. The number of rotatable bonds is 8. The third-order valence-electron chi connectivity index (χ3n) is 4.48. The minimum Gasteiger partial charge on any atom is -0.493 e. The molecular weight excluding hydrogens is 373 g/mol. The summed E-state index contributed by atoms with van der Waals surface area (Å²) in [6.45, 7) is 6.26. The summed E-state index contributed by atoms with van der Waals surface area (Å²) in [6.07, 6.45) is 1.81. The van der Waals surface area contributed by atoms with Gasteiger partial charge in [0, 0.05) is 12.1 Å². The highest BCUT2D eigenvalue weighted by Gasteiger charge is 2.12. The van der Waals surface area contributed by atoms with Gasteiger partial charge < -0.3 is 10.1 Å². The average molecular weight is 397 g/mol. The Labute approximate surface area is 168 Å². The Morgan fingerprint density at radius 1 is 1.14 bits per heavy atom. The maximum Gasteiger partial charge on any atom is 0.224 e. The monoisotopic (exact) mass is 397 g/mol. The molecule has 0 fully saturated rings. The van der Waals surface area contributed by atoms with E-state index >= 15 is 0 Å². The lowest BCUT2D eigenvalue weighted by Crippen LogP contribution is -2.13. The molecule has 0 bridgehead atoms. The fourth-order valence-corrected chi connectivity index (χ4v) is 2.86. The van der Waals surface area contributed by atoms with E-state index in [-0.39, 0.29) is 11.6 Å². The van der Waals surface area contributed by atoms with Gasteiger partial charge in [-0.2, -0.15) is 4.68 Å². The molecule has 0 atom stereocenters. The molecule has 1 N–H and O–H groups in total. The Hall–Kier alpha value is -3.29. The van der Waals surface area contributed by atoms with E-state index in [1.165, 1.54) is 22.9 Å². The highest BCUT2D eigenvalue weighted by atomic mass is 19.1. The number of carbonyl (C=O) groups excluding carboxylic acids is 1. The fraction of sp³-hybridized carbons (Fsp3) is 0.333. The Morgan fingerprint density at radius 3 is 2.72 bits per heavy atom. The molecule has 152 valence electrons. The number of anilines is 1. The van der Waals surface area contributed by atoms with Gasteiger partial charge in [-0.3, -0.25) is 4.79 Å². The summed E-state index contributed by atoms with van der Waals surface area (Å²) in [5, 5.41) is 13.8. The van der Waals surface area contributed by atoms with Gasteiger partial charge >= 0.3 is 0 Å². The number of benzene rings is 2. The zero-order valence-corrected chi connectivity index (χ0v) is 16.8. The molecule has 29 heavy (non-hydrogen) atoms. The number of nitrogens with zero attached hydrogens (tertiary/aromatic N) is 4. The zero-order valence-electron chi connectivity index (χ0n) is 16.8. The molecule has 7 nitrogen and oxygen atoms in total. The van der Waals surface area contributed by atoms with Crippen LogP contribution in [0, 0.1) is 26.6 Å². The first kappa shape index (κ1) is 20.4. The van der Waals surface area contributed by atoms with Crippen LogP contribution in [0.25, 0.3) is 5.69 Å². The summed E-state index contributed by atoms with van der Waals surface area (Å²) in [5.74, 6) is 0.729. The molecule has 0 saturated carbocycles. The minimum absolute atomic E-state index is 0.136. The van der Waals surface area contributed by atoms with Gasteiger partial charge in [-0.15, -0.1) is 5.10 Å². The number of tetrazole rings is 1. The number of aromatic nitrogens is 4. The molecule has 1 heterocycles. The number of halogens is 1. The van der Waals surface area contributed by atoms with Crippen molar-refractivity contribution >= 4 is 11.6 Å². The quantitative estimate of drug-likeness (QED) is 0.583. The SMILES string of the molecule is Cc1ccc(C)c(OCCCCC(=O)Nc2ccc(F)c(-n3nnnc3C)c2)c1. The number of ether oxygens (including phenoxy) is 1. The molecule has 0 unspecified atom stereocenters. The summed E-state index contributed by atoms with van der Waals surface area (Å²) in [7, 11) is 0. The van der Waals surface area contributed by atoms with Crippen LogP contribution in [-0.4, -0.2) is 32.7 Å². The summed E-state index contributed by atoms with van der Waals surface area (Å²) >= 11 is 0. The van der Waals surface area contributed by atoms with Gasteiger partial charge in [0.15, 0.2) is 5.82 Å². The lowest BCUT2D eigenvalue weighted by Gasteiger charge is -2.10. The maximum absolute atomic E-state index is 14.1. The lowest BCUT2D eigenvalue weighted by molar-refractivity contribution is -0.116. The molecule has 0 aliphatic carbocycles. The Kier molecular flexibility index (Phi) is 6.54. The van der Waals surface area contributed by atoms with Crippen molar-refractivity contribution in [2.75, 3.05) is 11.9 Å². The molecule has 3 rings (SSSR count). The summed E-state index contributed by atoms with van der Waals surface area (Å²) in [5.41, 5.74) is 2.93. The predicted octanol–water partition coefficient (Wildman–Crippen LogP) is 3.91. The normalized spacial score (nSPS) is 10.8. The van der Waals surface area contributed by atoms with Crippen LogP contribution in [0.3, 0.4) is 0 Å². The number of carbonyl (C=O) groups is 1. The van der Waals surface area contributed by atoms with Crippen LogP contribution in [0.4, 0.5) is 10.1 Å². The van der Waals surface area contributed by atoms with Crippen molar-refractivity contribution < 1.29 is 13.9 Å². The van der Waals surface area contributed by atoms with E-state index in [9.17, 15) is 9.18 Å². The largest absolute Gasteiger partial charge is 0.493 e. The van der Waals surface area contributed by atoms with Gasteiger partial charge in [0.2, 0.25) is 5.91 Å². The van der Waals surface area contributed by atoms with Crippen molar-refractivity contribution in [1.29, 1.82) is 0 Å². The van der Waals surface area contributed by atoms with E-state index in [1.54, 1.807) is 6.92 Å².